The molecule has 0 atom stereocenters. The van der Waals surface area contributed by atoms with Gasteiger partial charge in [0.05, 0.1) is 6.42 Å². The molecule has 0 saturated carbocycles. The van der Waals surface area contributed by atoms with Crippen LogP contribution in [-0.2, 0) is 17.8 Å². The fraction of sp³-hybridized carbons (Fsp3) is 0.125. The lowest BCUT2D eigenvalue weighted by Gasteiger charge is -2.09. The standard InChI is InChI=1S/C16H17N3O2/c17-10-13-7-6-12(8-14(13)9-15(20)19-18)16(21)11-4-2-1-3-5-11/h1-8H,9-10,17-18H2,(H,19,20). The third kappa shape index (κ3) is 3.53. The number of nitrogens with one attached hydrogen (secondary N) is 1. The molecule has 0 fully saturated rings. The van der Waals surface area contributed by atoms with Gasteiger partial charge in [-0.25, -0.2) is 5.84 Å². The van der Waals surface area contributed by atoms with Crippen LogP contribution >= 0.6 is 0 Å². The van der Waals surface area contributed by atoms with E-state index < -0.39 is 0 Å². The van der Waals surface area contributed by atoms with E-state index in [0.29, 0.717) is 23.2 Å². The zero-order valence-electron chi connectivity index (χ0n) is 11.5. The van der Waals surface area contributed by atoms with Crippen molar-refractivity contribution in [1.82, 2.24) is 5.43 Å². The van der Waals surface area contributed by atoms with Crippen molar-refractivity contribution in [2.75, 3.05) is 0 Å². The molecule has 0 spiro atoms. The predicted molar refractivity (Wildman–Crippen MR) is 80.2 cm³/mol. The smallest absolute Gasteiger partial charge is 0.238 e. The second-order valence-corrected chi connectivity index (χ2v) is 4.63. The van der Waals surface area contributed by atoms with Crippen LogP contribution in [0.4, 0.5) is 0 Å². The Morgan fingerprint density at radius 1 is 0.952 bits per heavy atom. The summed E-state index contributed by atoms with van der Waals surface area (Å²) >= 11 is 0. The summed E-state index contributed by atoms with van der Waals surface area (Å²) in [6.07, 6.45) is 0.0962. The molecule has 0 aliphatic carbocycles. The highest BCUT2D eigenvalue weighted by Crippen LogP contribution is 2.16. The summed E-state index contributed by atoms with van der Waals surface area (Å²) in [6.45, 7) is 0.299. The van der Waals surface area contributed by atoms with E-state index in [2.05, 4.69) is 5.43 Å². The van der Waals surface area contributed by atoms with E-state index in [9.17, 15) is 9.59 Å². The van der Waals surface area contributed by atoms with Crippen LogP contribution in [0.5, 0.6) is 0 Å². The molecule has 0 aliphatic rings. The van der Waals surface area contributed by atoms with Crippen molar-refractivity contribution in [3.8, 4) is 0 Å². The summed E-state index contributed by atoms with van der Waals surface area (Å²) in [5.74, 6) is 4.69. The fourth-order valence-corrected chi connectivity index (χ4v) is 2.11. The van der Waals surface area contributed by atoms with Crippen LogP contribution < -0.4 is 17.0 Å². The molecule has 2 aromatic rings. The summed E-state index contributed by atoms with van der Waals surface area (Å²) in [7, 11) is 0. The average molecular weight is 283 g/mol. The van der Waals surface area contributed by atoms with Gasteiger partial charge in [-0.1, -0.05) is 42.5 Å². The zero-order valence-corrected chi connectivity index (χ0v) is 11.5. The minimum Gasteiger partial charge on any atom is -0.326 e. The summed E-state index contributed by atoms with van der Waals surface area (Å²) in [4.78, 5) is 23.8. The van der Waals surface area contributed by atoms with Crippen molar-refractivity contribution < 1.29 is 9.59 Å². The summed E-state index contributed by atoms with van der Waals surface area (Å²) < 4.78 is 0. The third-order valence-electron chi connectivity index (χ3n) is 3.24. The monoisotopic (exact) mass is 283 g/mol. The van der Waals surface area contributed by atoms with Crippen molar-refractivity contribution in [3.63, 3.8) is 0 Å². The van der Waals surface area contributed by atoms with E-state index in [1.165, 1.54) is 0 Å². The molecule has 0 unspecified atom stereocenters. The highest BCUT2D eigenvalue weighted by Gasteiger charge is 2.13. The van der Waals surface area contributed by atoms with Crippen LogP contribution in [0.2, 0.25) is 0 Å². The molecule has 5 nitrogen and oxygen atoms in total. The lowest BCUT2D eigenvalue weighted by Crippen LogP contribution is -2.31. The molecular weight excluding hydrogens is 266 g/mol. The average Bonchev–Trinajstić information content (AvgIpc) is 2.54. The molecule has 5 heteroatoms. The van der Waals surface area contributed by atoms with Gasteiger partial charge in [-0.05, 0) is 17.2 Å². The van der Waals surface area contributed by atoms with Gasteiger partial charge < -0.3 is 5.73 Å². The lowest BCUT2D eigenvalue weighted by atomic mass is 9.96. The number of nitrogens with two attached hydrogens (primary N) is 2. The van der Waals surface area contributed by atoms with Gasteiger partial charge in [0, 0.05) is 17.7 Å². The number of amides is 1. The first kappa shape index (κ1) is 14.9. The molecule has 0 heterocycles. The number of hydrazine groups is 1. The molecule has 0 aromatic heterocycles. The first-order valence-electron chi connectivity index (χ1n) is 6.56. The van der Waals surface area contributed by atoms with Gasteiger partial charge in [-0.15, -0.1) is 0 Å². The Labute approximate surface area is 122 Å². The van der Waals surface area contributed by atoms with Crippen LogP contribution in [0.25, 0.3) is 0 Å². The minimum atomic E-state index is -0.325. The van der Waals surface area contributed by atoms with Gasteiger partial charge in [-0.2, -0.15) is 0 Å². The third-order valence-corrected chi connectivity index (χ3v) is 3.24. The van der Waals surface area contributed by atoms with Crippen molar-refractivity contribution in [2.24, 2.45) is 11.6 Å². The van der Waals surface area contributed by atoms with Gasteiger partial charge in [0.2, 0.25) is 5.91 Å². The van der Waals surface area contributed by atoms with E-state index in [0.717, 1.165) is 5.56 Å². The molecule has 2 aromatic carbocycles. The summed E-state index contributed by atoms with van der Waals surface area (Å²) in [5.41, 5.74) is 10.4. The topological polar surface area (TPSA) is 98.2 Å². The fourth-order valence-electron chi connectivity index (χ4n) is 2.11. The minimum absolute atomic E-state index is 0.0893. The van der Waals surface area contributed by atoms with Crippen molar-refractivity contribution in [1.29, 1.82) is 0 Å². The highest BCUT2D eigenvalue weighted by atomic mass is 16.2. The molecule has 0 aliphatic heterocycles. The number of hydrogen-bond acceptors (Lipinski definition) is 4. The summed E-state index contributed by atoms with van der Waals surface area (Å²) in [6, 6.07) is 14.2. The Bertz CT molecular complexity index is 654. The molecule has 1 amide bonds. The zero-order chi connectivity index (χ0) is 15.2. The predicted octanol–water partition coefficient (Wildman–Crippen LogP) is 0.909. The van der Waals surface area contributed by atoms with Gasteiger partial charge in [0.1, 0.15) is 0 Å². The molecular formula is C16H17N3O2. The van der Waals surface area contributed by atoms with Crippen molar-refractivity contribution in [3.05, 3.63) is 70.8 Å². The van der Waals surface area contributed by atoms with Crippen molar-refractivity contribution in [2.45, 2.75) is 13.0 Å². The first-order valence-corrected chi connectivity index (χ1v) is 6.56. The number of carbonyl (C=O) groups is 2. The summed E-state index contributed by atoms with van der Waals surface area (Å²) in [5, 5.41) is 0. The number of rotatable bonds is 5. The molecule has 0 saturated heterocycles. The van der Waals surface area contributed by atoms with E-state index in [-0.39, 0.29) is 18.1 Å². The normalized spacial score (nSPS) is 10.2. The number of ketones is 1. The van der Waals surface area contributed by atoms with Gasteiger partial charge >= 0.3 is 0 Å². The molecule has 0 bridgehead atoms. The SMILES string of the molecule is NCc1ccc(C(=O)c2ccccc2)cc1CC(=O)NN. The molecule has 0 radical (unpaired) electrons. The maximum Gasteiger partial charge on any atom is 0.238 e. The van der Waals surface area contributed by atoms with Crippen LogP contribution in [0.15, 0.2) is 48.5 Å². The molecule has 108 valence electrons. The Balaban J connectivity index is 2.35. The van der Waals surface area contributed by atoms with Gasteiger partial charge in [0.25, 0.3) is 0 Å². The second-order valence-electron chi connectivity index (χ2n) is 4.63. The van der Waals surface area contributed by atoms with Crippen LogP contribution in [0.1, 0.15) is 27.0 Å². The van der Waals surface area contributed by atoms with Crippen molar-refractivity contribution >= 4 is 11.7 Å². The largest absolute Gasteiger partial charge is 0.326 e. The Hall–Kier alpha value is -2.50. The Morgan fingerprint density at radius 2 is 1.67 bits per heavy atom. The Kier molecular flexibility index (Phi) is 4.81. The van der Waals surface area contributed by atoms with E-state index in [4.69, 9.17) is 11.6 Å². The van der Waals surface area contributed by atoms with Crippen LogP contribution in [-0.4, -0.2) is 11.7 Å². The lowest BCUT2D eigenvalue weighted by molar-refractivity contribution is -0.120. The maximum atomic E-state index is 12.4. The van der Waals surface area contributed by atoms with Gasteiger partial charge in [-0.3, -0.25) is 15.0 Å². The number of benzene rings is 2. The van der Waals surface area contributed by atoms with Crippen LogP contribution in [0.3, 0.4) is 0 Å². The van der Waals surface area contributed by atoms with E-state index >= 15 is 0 Å². The van der Waals surface area contributed by atoms with Crippen LogP contribution in [0, 0.1) is 0 Å². The van der Waals surface area contributed by atoms with E-state index in [1.807, 2.05) is 18.2 Å². The molecule has 2 rings (SSSR count). The highest BCUT2D eigenvalue weighted by molar-refractivity contribution is 6.09. The quantitative estimate of drug-likeness (QED) is 0.329. The van der Waals surface area contributed by atoms with E-state index in [1.54, 1.807) is 30.3 Å². The molecule has 5 N–H and O–H groups in total. The number of hydrogen-bond donors (Lipinski definition) is 3. The second kappa shape index (κ2) is 6.78. The maximum absolute atomic E-state index is 12.4. The number of carbonyl (C=O) groups excluding carboxylic acids is 2. The Morgan fingerprint density at radius 3 is 2.29 bits per heavy atom. The molecule has 21 heavy (non-hydrogen) atoms. The first-order chi connectivity index (χ1) is 10.2. The van der Waals surface area contributed by atoms with Gasteiger partial charge in [0.15, 0.2) is 5.78 Å².